The maximum Gasteiger partial charge on any atom is 0.341 e. The second-order valence-corrected chi connectivity index (χ2v) is 7.69. The number of fused-ring (bicyclic) bond motifs is 2. The van der Waals surface area contributed by atoms with E-state index in [1.54, 1.807) is 0 Å². The molecule has 0 aliphatic heterocycles. The third-order valence-electron chi connectivity index (χ3n) is 4.84. The SMILES string of the molecule is Cc1ccc(-c2c3c(nc4c(C(=O)O)cnn24)CC(C)(C)CC3=O)cc1. The van der Waals surface area contributed by atoms with Crippen LogP contribution in [0.25, 0.3) is 16.9 Å². The number of rotatable bonds is 2. The van der Waals surface area contributed by atoms with Crippen molar-refractivity contribution in [3.8, 4) is 11.3 Å². The lowest BCUT2D eigenvalue weighted by Crippen LogP contribution is -2.29. The van der Waals surface area contributed by atoms with Crippen LogP contribution in [0.3, 0.4) is 0 Å². The number of aromatic carboxylic acids is 1. The van der Waals surface area contributed by atoms with Crippen LogP contribution in [-0.4, -0.2) is 31.5 Å². The first-order chi connectivity index (χ1) is 12.3. The predicted molar refractivity (Wildman–Crippen MR) is 96.6 cm³/mol. The summed E-state index contributed by atoms with van der Waals surface area (Å²) in [6.07, 6.45) is 2.34. The molecule has 1 aliphatic carbocycles. The lowest BCUT2D eigenvalue weighted by Gasteiger charge is -2.30. The Morgan fingerprint density at radius 2 is 1.88 bits per heavy atom. The molecule has 0 radical (unpaired) electrons. The molecule has 0 saturated carbocycles. The molecule has 0 atom stereocenters. The summed E-state index contributed by atoms with van der Waals surface area (Å²) in [5.74, 6) is -1.06. The molecule has 3 aromatic rings. The van der Waals surface area contributed by atoms with Crippen molar-refractivity contribution >= 4 is 17.4 Å². The Morgan fingerprint density at radius 1 is 1.19 bits per heavy atom. The zero-order valence-electron chi connectivity index (χ0n) is 14.9. The standard InChI is InChI=1S/C20H19N3O3/c1-11-4-6-12(7-5-11)17-16-14(8-20(2,3)9-15(16)24)22-18-13(19(25)26)10-21-23(17)18/h4-7,10H,8-9H2,1-3H3,(H,25,26). The lowest BCUT2D eigenvalue weighted by molar-refractivity contribution is 0.0698. The van der Waals surface area contributed by atoms with Gasteiger partial charge >= 0.3 is 5.97 Å². The first kappa shape index (κ1) is 16.4. The molecular formula is C20H19N3O3. The summed E-state index contributed by atoms with van der Waals surface area (Å²) in [6.45, 7) is 6.05. The van der Waals surface area contributed by atoms with Gasteiger partial charge in [-0.25, -0.2) is 14.3 Å². The summed E-state index contributed by atoms with van der Waals surface area (Å²) >= 11 is 0. The van der Waals surface area contributed by atoms with Crippen molar-refractivity contribution in [1.29, 1.82) is 0 Å². The Kier molecular flexibility index (Phi) is 3.47. The van der Waals surface area contributed by atoms with Crippen molar-refractivity contribution in [1.82, 2.24) is 14.6 Å². The molecule has 2 aromatic heterocycles. The van der Waals surface area contributed by atoms with Gasteiger partial charge in [-0.2, -0.15) is 5.10 Å². The normalized spacial score (nSPS) is 15.9. The van der Waals surface area contributed by atoms with E-state index in [4.69, 9.17) is 0 Å². The number of carboxylic acid groups (broad SMARTS) is 1. The second kappa shape index (κ2) is 5.49. The molecule has 1 aromatic carbocycles. The van der Waals surface area contributed by atoms with Gasteiger partial charge in [0.2, 0.25) is 0 Å². The van der Waals surface area contributed by atoms with Gasteiger partial charge in [-0.05, 0) is 18.8 Å². The molecule has 132 valence electrons. The van der Waals surface area contributed by atoms with E-state index in [1.807, 2.05) is 45.0 Å². The summed E-state index contributed by atoms with van der Waals surface area (Å²) in [4.78, 5) is 29.1. The van der Waals surface area contributed by atoms with Gasteiger partial charge in [0.25, 0.3) is 0 Å². The molecule has 0 amide bonds. The van der Waals surface area contributed by atoms with Crippen LogP contribution in [0.4, 0.5) is 0 Å². The third kappa shape index (κ3) is 2.49. The van der Waals surface area contributed by atoms with Crippen LogP contribution in [-0.2, 0) is 6.42 Å². The fourth-order valence-electron chi connectivity index (χ4n) is 3.63. The van der Waals surface area contributed by atoms with E-state index in [9.17, 15) is 14.7 Å². The third-order valence-corrected chi connectivity index (χ3v) is 4.84. The van der Waals surface area contributed by atoms with Gasteiger partial charge in [-0.1, -0.05) is 43.7 Å². The molecule has 2 heterocycles. The maximum atomic E-state index is 12.9. The largest absolute Gasteiger partial charge is 0.477 e. The smallest absolute Gasteiger partial charge is 0.341 e. The van der Waals surface area contributed by atoms with Crippen molar-refractivity contribution < 1.29 is 14.7 Å². The van der Waals surface area contributed by atoms with E-state index in [0.717, 1.165) is 11.1 Å². The number of aromatic nitrogens is 3. The quantitative estimate of drug-likeness (QED) is 0.765. The predicted octanol–water partition coefficient (Wildman–Crippen LogP) is 3.56. The molecule has 6 heteroatoms. The van der Waals surface area contributed by atoms with E-state index >= 15 is 0 Å². The first-order valence-electron chi connectivity index (χ1n) is 8.51. The van der Waals surface area contributed by atoms with E-state index in [2.05, 4.69) is 10.1 Å². The second-order valence-electron chi connectivity index (χ2n) is 7.69. The van der Waals surface area contributed by atoms with E-state index in [1.165, 1.54) is 10.7 Å². The average molecular weight is 349 g/mol. The Hall–Kier alpha value is -3.02. The minimum absolute atomic E-state index is 0.0219. The summed E-state index contributed by atoms with van der Waals surface area (Å²) in [5, 5.41) is 13.7. The van der Waals surface area contributed by atoms with Crippen LogP contribution < -0.4 is 0 Å². The topological polar surface area (TPSA) is 84.6 Å². The molecule has 1 N–H and O–H groups in total. The fourth-order valence-corrected chi connectivity index (χ4v) is 3.63. The van der Waals surface area contributed by atoms with Gasteiger partial charge < -0.3 is 5.11 Å². The molecule has 0 saturated heterocycles. The monoisotopic (exact) mass is 349 g/mol. The van der Waals surface area contributed by atoms with Gasteiger partial charge in [-0.3, -0.25) is 4.79 Å². The number of Topliss-reactive ketones (excluding diaryl/α,β-unsaturated/α-hetero) is 1. The van der Waals surface area contributed by atoms with Crippen molar-refractivity contribution in [3.05, 3.63) is 52.8 Å². The molecule has 26 heavy (non-hydrogen) atoms. The highest BCUT2D eigenvalue weighted by Crippen LogP contribution is 2.38. The molecular weight excluding hydrogens is 330 g/mol. The van der Waals surface area contributed by atoms with Crippen molar-refractivity contribution in [3.63, 3.8) is 0 Å². The van der Waals surface area contributed by atoms with Crippen LogP contribution in [0.5, 0.6) is 0 Å². The molecule has 0 unspecified atom stereocenters. The van der Waals surface area contributed by atoms with E-state index in [-0.39, 0.29) is 22.4 Å². The van der Waals surface area contributed by atoms with Gasteiger partial charge in [0, 0.05) is 12.0 Å². The number of hydrogen-bond acceptors (Lipinski definition) is 4. The van der Waals surface area contributed by atoms with Crippen LogP contribution in [0, 0.1) is 12.3 Å². The molecule has 0 fully saturated rings. The zero-order valence-corrected chi connectivity index (χ0v) is 14.9. The molecule has 6 nitrogen and oxygen atoms in total. The molecule has 0 bridgehead atoms. The maximum absolute atomic E-state index is 12.9. The van der Waals surface area contributed by atoms with Crippen LogP contribution in [0.15, 0.2) is 30.5 Å². The highest BCUT2D eigenvalue weighted by molar-refractivity contribution is 6.05. The van der Waals surface area contributed by atoms with Crippen LogP contribution >= 0.6 is 0 Å². The number of carbonyl (C=O) groups excluding carboxylic acids is 1. The minimum atomic E-state index is -1.08. The first-order valence-corrected chi connectivity index (χ1v) is 8.51. The number of nitrogens with zero attached hydrogens (tertiary/aromatic N) is 3. The number of aryl methyl sites for hydroxylation is 1. The van der Waals surface area contributed by atoms with Gasteiger partial charge in [0.15, 0.2) is 11.4 Å². The van der Waals surface area contributed by atoms with Crippen molar-refractivity contribution in [2.45, 2.75) is 33.6 Å². The Morgan fingerprint density at radius 3 is 2.54 bits per heavy atom. The van der Waals surface area contributed by atoms with Gasteiger partial charge in [0.05, 0.1) is 23.1 Å². The number of carbonyl (C=O) groups is 2. The average Bonchev–Trinajstić information content (AvgIpc) is 2.96. The Bertz CT molecular complexity index is 1060. The van der Waals surface area contributed by atoms with Crippen LogP contribution in [0.1, 0.15) is 52.2 Å². The summed E-state index contributed by atoms with van der Waals surface area (Å²) in [5.41, 5.74) is 3.87. The summed E-state index contributed by atoms with van der Waals surface area (Å²) in [6, 6.07) is 7.79. The van der Waals surface area contributed by atoms with Crippen molar-refractivity contribution in [2.24, 2.45) is 5.41 Å². The molecule has 1 aliphatic rings. The Balaban J connectivity index is 2.11. The van der Waals surface area contributed by atoms with Gasteiger partial charge in [0.1, 0.15) is 5.56 Å². The minimum Gasteiger partial charge on any atom is -0.477 e. The van der Waals surface area contributed by atoms with Crippen LogP contribution in [0.2, 0.25) is 0 Å². The number of carboxylic acids is 1. The number of hydrogen-bond donors (Lipinski definition) is 1. The molecule has 0 spiro atoms. The Labute approximate surface area is 150 Å². The highest BCUT2D eigenvalue weighted by Gasteiger charge is 2.36. The number of ketones is 1. The molecule has 4 rings (SSSR count). The highest BCUT2D eigenvalue weighted by atomic mass is 16.4. The fraction of sp³-hybridized carbons (Fsp3) is 0.300. The van der Waals surface area contributed by atoms with Crippen molar-refractivity contribution in [2.75, 3.05) is 0 Å². The summed E-state index contributed by atoms with van der Waals surface area (Å²) < 4.78 is 1.49. The van der Waals surface area contributed by atoms with Gasteiger partial charge in [-0.15, -0.1) is 0 Å². The lowest BCUT2D eigenvalue weighted by atomic mass is 9.75. The van der Waals surface area contributed by atoms with E-state index < -0.39 is 5.97 Å². The summed E-state index contributed by atoms with van der Waals surface area (Å²) in [7, 11) is 0. The number of benzene rings is 1. The zero-order chi connectivity index (χ0) is 18.6. The van der Waals surface area contributed by atoms with E-state index in [0.29, 0.717) is 29.8 Å².